The lowest BCUT2D eigenvalue weighted by atomic mass is 10.3. The maximum absolute atomic E-state index is 5.67. The molecular formula is C16H22BrIN4OS. The summed E-state index contributed by atoms with van der Waals surface area (Å²) in [4.78, 5) is 9.79. The van der Waals surface area contributed by atoms with Gasteiger partial charge in [0.25, 0.3) is 0 Å². The molecule has 132 valence electrons. The van der Waals surface area contributed by atoms with E-state index in [1.807, 2.05) is 30.5 Å². The van der Waals surface area contributed by atoms with Crippen molar-refractivity contribution in [3.05, 3.63) is 44.8 Å². The molecule has 0 spiro atoms. The average molecular weight is 525 g/mol. The minimum Gasteiger partial charge on any atom is -0.492 e. The summed E-state index contributed by atoms with van der Waals surface area (Å²) in [5, 5.41) is 7.65. The molecule has 1 heterocycles. The van der Waals surface area contributed by atoms with Crippen LogP contribution in [0.1, 0.15) is 9.88 Å². The van der Waals surface area contributed by atoms with Crippen LogP contribution in [0.25, 0.3) is 0 Å². The van der Waals surface area contributed by atoms with Gasteiger partial charge in [-0.15, -0.1) is 35.3 Å². The molecule has 24 heavy (non-hydrogen) atoms. The molecule has 2 N–H and O–H groups in total. The molecule has 8 heteroatoms. The second-order valence-corrected chi connectivity index (χ2v) is 7.08. The van der Waals surface area contributed by atoms with Crippen LogP contribution in [0, 0.1) is 6.92 Å². The van der Waals surface area contributed by atoms with E-state index in [1.54, 1.807) is 18.4 Å². The van der Waals surface area contributed by atoms with Gasteiger partial charge in [0.05, 0.1) is 11.6 Å². The molecule has 0 saturated carbocycles. The monoisotopic (exact) mass is 524 g/mol. The molecule has 0 fully saturated rings. The van der Waals surface area contributed by atoms with Crippen LogP contribution in [-0.2, 0) is 6.42 Å². The summed E-state index contributed by atoms with van der Waals surface area (Å²) in [6.07, 6.45) is 2.81. The number of hydrogen-bond donors (Lipinski definition) is 2. The van der Waals surface area contributed by atoms with E-state index in [4.69, 9.17) is 4.74 Å². The smallest absolute Gasteiger partial charge is 0.191 e. The molecule has 0 radical (unpaired) electrons. The molecule has 2 aromatic rings. The Bertz CT molecular complexity index is 651. The van der Waals surface area contributed by atoms with Gasteiger partial charge < -0.3 is 15.4 Å². The lowest BCUT2D eigenvalue weighted by molar-refractivity contribution is 0.321. The van der Waals surface area contributed by atoms with Crippen LogP contribution in [0.3, 0.4) is 0 Å². The maximum Gasteiger partial charge on any atom is 0.191 e. The van der Waals surface area contributed by atoms with Gasteiger partial charge in [-0.1, -0.05) is 22.0 Å². The molecule has 0 atom stereocenters. The first-order chi connectivity index (χ1) is 11.2. The highest BCUT2D eigenvalue weighted by atomic mass is 127. The summed E-state index contributed by atoms with van der Waals surface area (Å²) in [5.74, 6) is 1.62. The third-order valence-corrected chi connectivity index (χ3v) is 4.45. The van der Waals surface area contributed by atoms with Crippen LogP contribution >= 0.6 is 51.2 Å². The van der Waals surface area contributed by atoms with Gasteiger partial charge in [0.2, 0.25) is 0 Å². The molecule has 2 rings (SSSR count). The number of hydrogen-bond acceptors (Lipinski definition) is 4. The molecule has 1 aromatic heterocycles. The third kappa shape index (κ3) is 7.80. The van der Waals surface area contributed by atoms with E-state index in [2.05, 4.69) is 43.5 Å². The summed E-state index contributed by atoms with van der Waals surface area (Å²) in [6.45, 7) is 4.13. The third-order valence-electron chi connectivity index (χ3n) is 2.98. The fraction of sp³-hybridized carbons (Fsp3) is 0.375. The van der Waals surface area contributed by atoms with E-state index in [-0.39, 0.29) is 24.0 Å². The van der Waals surface area contributed by atoms with Crippen molar-refractivity contribution in [3.63, 3.8) is 0 Å². The number of aliphatic imine (C=N–C) groups is 1. The molecule has 1 aromatic carbocycles. The first-order valence-corrected chi connectivity index (χ1v) is 9.02. The summed E-state index contributed by atoms with van der Waals surface area (Å²) in [7, 11) is 1.76. The summed E-state index contributed by atoms with van der Waals surface area (Å²) >= 11 is 5.16. The van der Waals surface area contributed by atoms with Gasteiger partial charge in [-0.2, -0.15) is 0 Å². The second kappa shape index (κ2) is 11.6. The van der Waals surface area contributed by atoms with E-state index in [1.165, 1.54) is 4.88 Å². The maximum atomic E-state index is 5.67. The molecule has 0 unspecified atom stereocenters. The number of nitrogens with zero attached hydrogens (tertiary/aromatic N) is 2. The number of aryl methyl sites for hydroxylation is 1. The topological polar surface area (TPSA) is 58.5 Å². The molecule has 0 bridgehead atoms. The molecule has 0 aliphatic rings. The van der Waals surface area contributed by atoms with E-state index < -0.39 is 0 Å². The van der Waals surface area contributed by atoms with E-state index in [0.29, 0.717) is 13.2 Å². The van der Waals surface area contributed by atoms with Gasteiger partial charge in [-0.3, -0.25) is 4.99 Å². The van der Waals surface area contributed by atoms with Crippen molar-refractivity contribution in [2.24, 2.45) is 4.99 Å². The number of benzene rings is 1. The van der Waals surface area contributed by atoms with Crippen molar-refractivity contribution < 1.29 is 4.74 Å². The number of rotatable bonds is 7. The number of ether oxygens (including phenoxy) is 1. The highest BCUT2D eigenvalue weighted by Crippen LogP contribution is 2.17. The van der Waals surface area contributed by atoms with Crippen LogP contribution in [-0.4, -0.2) is 37.7 Å². The standard InChI is InChI=1S/C16H21BrN4OS.HI/c1-12-11-21-15(23-12)6-7-19-16(18-2)20-8-9-22-14-5-3-4-13(17)10-14;/h3-5,10-11H,6-9H2,1-2H3,(H2,18,19,20);1H. The van der Waals surface area contributed by atoms with Crippen molar-refractivity contribution in [2.75, 3.05) is 26.7 Å². The van der Waals surface area contributed by atoms with E-state index in [0.717, 1.165) is 34.2 Å². The Labute approximate surface area is 172 Å². The molecule has 5 nitrogen and oxygen atoms in total. The predicted molar refractivity (Wildman–Crippen MR) is 115 cm³/mol. The van der Waals surface area contributed by atoms with Crippen LogP contribution in [0.4, 0.5) is 0 Å². The van der Waals surface area contributed by atoms with Crippen molar-refractivity contribution >= 4 is 57.2 Å². The van der Waals surface area contributed by atoms with Crippen molar-refractivity contribution in [3.8, 4) is 5.75 Å². The van der Waals surface area contributed by atoms with Gasteiger partial charge in [-0.25, -0.2) is 4.98 Å². The van der Waals surface area contributed by atoms with Crippen molar-refractivity contribution in [1.29, 1.82) is 0 Å². The Morgan fingerprint density at radius 1 is 1.33 bits per heavy atom. The van der Waals surface area contributed by atoms with Gasteiger partial charge in [-0.05, 0) is 25.1 Å². The zero-order chi connectivity index (χ0) is 16.5. The van der Waals surface area contributed by atoms with Crippen LogP contribution in [0.2, 0.25) is 0 Å². The molecule has 0 amide bonds. The van der Waals surface area contributed by atoms with Gasteiger partial charge >= 0.3 is 0 Å². The van der Waals surface area contributed by atoms with Crippen LogP contribution in [0.15, 0.2) is 39.9 Å². The quantitative estimate of drug-likeness (QED) is 0.251. The molecule has 0 aliphatic heterocycles. The Morgan fingerprint density at radius 2 is 2.12 bits per heavy atom. The second-order valence-electron chi connectivity index (χ2n) is 4.85. The lowest BCUT2D eigenvalue weighted by Crippen LogP contribution is -2.40. The van der Waals surface area contributed by atoms with Crippen molar-refractivity contribution in [1.82, 2.24) is 15.6 Å². The molecule has 0 aliphatic carbocycles. The molecule has 0 saturated heterocycles. The predicted octanol–water partition coefficient (Wildman–Crippen LogP) is 3.62. The highest BCUT2D eigenvalue weighted by molar-refractivity contribution is 14.0. The minimum atomic E-state index is 0. The van der Waals surface area contributed by atoms with Crippen LogP contribution < -0.4 is 15.4 Å². The summed E-state index contributed by atoms with van der Waals surface area (Å²) < 4.78 is 6.69. The fourth-order valence-electron chi connectivity index (χ4n) is 1.92. The van der Waals surface area contributed by atoms with Crippen molar-refractivity contribution in [2.45, 2.75) is 13.3 Å². The number of aromatic nitrogens is 1. The fourth-order valence-corrected chi connectivity index (χ4v) is 3.09. The largest absolute Gasteiger partial charge is 0.492 e. The summed E-state index contributed by atoms with van der Waals surface area (Å²) in [5.41, 5.74) is 0. The zero-order valence-electron chi connectivity index (χ0n) is 13.7. The van der Waals surface area contributed by atoms with Crippen LogP contribution in [0.5, 0.6) is 5.75 Å². The lowest BCUT2D eigenvalue weighted by Gasteiger charge is -2.12. The Kier molecular flexibility index (Phi) is 10.3. The Hall–Kier alpha value is -0.870. The Balaban J connectivity index is 0.00000288. The zero-order valence-corrected chi connectivity index (χ0v) is 18.4. The number of halogens is 2. The van der Waals surface area contributed by atoms with Gasteiger partial charge in [0, 0.05) is 35.6 Å². The number of nitrogens with one attached hydrogen (secondary N) is 2. The number of thiazole rings is 1. The first kappa shape index (κ1) is 21.2. The average Bonchev–Trinajstić information content (AvgIpc) is 2.95. The minimum absolute atomic E-state index is 0. The normalized spacial score (nSPS) is 10.9. The van der Waals surface area contributed by atoms with E-state index in [9.17, 15) is 0 Å². The molecular weight excluding hydrogens is 503 g/mol. The Morgan fingerprint density at radius 3 is 2.79 bits per heavy atom. The highest BCUT2D eigenvalue weighted by Gasteiger charge is 2.01. The van der Waals surface area contributed by atoms with E-state index >= 15 is 0 Å². The van der Waals surface area contributed by atoms with Gasteiger partial charge in [0.1, 0.15) is 12.4 Å². The number of guanidine groups is 1. The first-order valence-electron chi connectivity index (χ1n) is 7.41. The summed E-state index contributed by atoms with van der Waals surface area (Å²) in [6, 6.07) is 7.81. The van der Waals surface area contributed by atoms with Gasteiger partial charge in [0.15, 0.2) is 5.96 Å². The SMILES string of the molecule is CN=C(NCCOc1cccc(Br)c1)NCCc1ncc(C)s1.I.